The lowest BCUT2D eigenvalue weighted by Crippen LogP contribution is -2.30. The fraction of sp³-hybridized carbons (Fsp3) is 0.312. The maximum Gasteiger partial charge on any atom is 0.256 e. The molecular formula is C16H19N3O2. The van der Waals surface area contributed by atoms with Crippen molar-refractivity contribution in [2.45, 2.75) is 26.8 Å². The summed E-state index contributed by atoms with van der Waals surface area (Å²) in [6, 6.07) is 8.52. The Hall–Kier alpha value is -2.43. The van der Waals surface area contributed by atoms with E-state index in [9.17, 15) is 9.90 Å². The molecule has 0 aliphatic carbocycles. The van der Waals surface area contributed by atoms with E-state index in [0.717, 1.165) is 0 Å². The van der Waals surface area contributed by atoms with E-state index >= 15 is 0 Å². The summed E-state index contributed by atoms with van der Waals surface area (Å²) in [6.07, 6.45) is 0. The first-order chi connectivity index (χ1) is 9.91. The van der Waals surface area contributed by atoms with Crippen molar-refractivity contribution in [3.63, 3.8) is 0 Å². The summed E-state index contributed by atoms with van der Waals surface area (Å²) >= 11 is 0. The van der Waals surface area contributed by atoms with Gasteiger partial charge in [-0.2, -0.15) is 10.2 Å². The minimum absolute atomic E-state index is 0.138. The summed E-state index contributed by atoms with van der Waals surface area (Å²) in [5.41, 5.74) is 2.55. The first kappa shape index (κ1) is 15.0. The van der Waals surface area contributed by atoms with Crippen LogP contribution in [0.15, 0.2) is 30.3 Å². The predicted molar refractivity (Wildman–Crippen MR) is 80.1 cm³/mol. The standard InChI is InChI=1S/C16H19N3O2/c1-10-9-14(11(2)18-17-10)16(21)19(4)12(3)13-7-5-6-8-15(13)20/h5-9,12,20H,1-4H3. The number of amides is 1. The molecule has 0 saturated heterocycles. The molecule has 0 spiro atoms. The van der Waals surface area contributed by atoms with Crippen LogP contribution in [-0.2, 0) is 0 Å². The second-order valence-corrected chi connectivity index (χ2v) is 5.14. The van der Waals surface area contributed by atoms with Crippen LogP contribution in [0.5, 0.6) is 5.75 Å². The number of benzene rings is 1. The summed E-state index contributed by atoms with van der Waals surface area (Å²) in [5.74, 6) is 0.0478. The number of aromatic nitrogens is 2. The molecule has 5 heteroatoms. The number of aryl methyl sites for hydroxylation is 2. The summed E-state index contributed by atoms with van der Waals surface area (Å²) < 4.78 is 0. The van der Waals surface area contributed by atoms with Gasteiger partial charge in [-0.05, 0) is 32.9 Å². The van der Waals surface area contributed by atoms with Gasteiger partial charge in [0.1, 0.15) is 5.75 Å². The second kappa shape index (κ2) is 5.91. The van der Waals surface area contributed by atoms with E-state index < -0.39 is 0 Å². The molecule has 110 valence electrons. The van der Waals surface area contributed by atoms with E-state index in [1.165, 1.54) is 0 Å². The van der Waals surface area contributed by atoms with Crippen molar-refractivity contribution in [1.82, 2.24) is 15.1 Å². The molecule has 1 aromatic carbocycles. The molecule has 0 aliphatic rings. The molecule has 0 radical (unpaired) electrons. The van der Waals surface area contributed by atoms with Gasteiger partial charge in [-0.3, -0.25) is 4.79 Å². The molecule has 0 aliphatic heterocycles. The highest BCUT2D eigenvalue weighted by atomic mass is 16.3. The Bertz CT molecular complexity index is 670. The molecule has 1 aromatic heterocycles. The Morgan fingerprint density at radius 3 is 2.57 bits per heavy atom. The van der Waals surface area contributed by atoms with Gasteiger partial charge >= 0.3 is 0 Å². The fourth-order valence-corrected chi connectivity index (χ4v) is 2.18. The molecule has 1 amide bonds. The van der Waals surface area contributed by atoms with Gasteiger partial charge in [0.2, 0.25) is 0 Å². The molecule has 5 nitrogen and oxygen atoms in total. The Kier molecular flexibility index (Phi) is 4.21. The minimum atomic E-state index is -0.244. The predicted octanol–water partition coefficient (Wildman–Crippen LogP) is 2.63. The van der Waals surface area contributed by atoms with Crippen molar-refractivity contribution in [2.75, 3.05) is 7.05 Å². The number of para-hydroxylation sites is 1. The maximum atomic E-state index is 12.6. The number of carbonyl (C=O) groups is 1. The first-order valence-corrected chi connectivity index (χ1v) is 6.77. The number of hydrogen-bond donors (Lipinski definition) is 1. The first-order valence-electron chi connectivity index (χ1n) is 6.77. The Labute approximate surface area is 124 Å². The van der Waals surface area contributed by atoms with E-state index in [1.54, 1.807) is 44.0 Å². The van der Waals surface area contributed by atoms with Gasteiger partial charge in [-0.25, -0.2) is 0 Å². The zero-order valence-corrected chi connectivity index (χ0v) is 12.7. The Balaban J connectivity index is 2.31. The van der Waals surface area contributed by atoms with Crippen molar-refractivity contribution in [2.24, 2.45) is 0 Å². The molecule has 0 fully saturated rings. The van der Waals surface area contributed by atoms with Gasteiger partial charge in [0, 0.05) is 12.6 Å². The molecular weight excluding hydrogens is 266 g/mol. The Morgan fingerprint density at radius 2 is 1.90 bits per heavy atom. The van der Waals surface area contributed by atoms with Gasteiger partial charge in [-0.1, -0.05) is 18.2 Å². The zero-order chi connectivity index (χ0) is 15.6. The van der Waals surface area contributed by atoms with E-state index in [2.05, 4.69) is 10.2 Å². The van der Waals surface area contributed by atoms with E-state index in [1.807, 2.05) is 19.1 Å². The van der Waals surface area contributed by atoms with Crippen LogP contribution in [0.2, 0.25) is 0 Å². The maximum absolute atomic E-state index is 12.6. The van der Waals surface area contributed by atoms with Gasteiger partial charge < -0.3 is 10.0 Å². The molecule has 0 bridgehead atoms. The summed E-state index contributed by atoms with van der Waals surface area (Å²) in [6.45, 7) is 5.44. The molecule has 1 unspecified atom stereocenters. The van der Waals surface area contributed by atoms with Crippen LogP contribution in [-0.4, -0.2) is 33.2 Å². The average Bonchev–Trinajstić information content (AvgIpc) is 2.48. The number of aromatic hydroxyl groups is 1. The third-order valence-corrected chi connectivity index (χ3v) is 3.62. The highest BCUT2D eigenvalue weighted by Gasteiger charge is 2.22. The van der Waals surface area contributed by atoms with Crippen LogP contribution in [0.3, 0.4) is 0 Å². The molecule has 1 atom stereocenters. The van der Waals surface area contributed by atoms with Crippen LogP contribution in [0.4, 0.5) is 0 Å². The van der Waals surface area contributed by atoms with Crippen LogP contribution in [0, 0.1) is 13.8 Å². The fourth-order valence-electron chi connectivity index (χ4n) is 2.18. The Morgan fingerprint density at radius 1 is 1.24 bits per heavy atom. The largest absolute Gasteiger partial charge is 0.508 e. The van der Waals surface area contributed by atoms with Gasteiger partial charge in [0.05, 0.1) is 23.0 Å². The van der Waals surface area contributed by atoms with Crippen molar-refractivity contribution in [3.05, 3.63) is 52.8 Å². The smallest absolute Gasteiger partial charge is 0.256 e. The quantitative estimate of drug-likeness (QED) is 0.941. The SMILES string of the molecule is Cc1cc(C(=O)N(C)C(C)c2ccccc2O)c(C)nn1. The number of hydrogen-bond acceptors (Lipinski definition) is 4. The molecule has 21 heavy (non-hydrogen) atoms. The third kappa shape index (κ3) is 3.02. The lowest BCUT2D eigenvalue weighted by atomic mass is 10.0. The minimum Gasteiger partial charge on any atom is -0.508 e. The van der Waals surface area contributed by atoms with E-state index in [-0.39, 0.29) is 17.7 Å². The number of phenolic OH excluding ortho intramolecular Hbond substituents is 1. The van der Waals surface area contributed by atoms with Crippen LogP contribution >= 0.6 is 0 Å². The molecule has 1 N–H and O–H groups in total. The van der Waals surface area contributed by atoms with Crippen LogP contribution in [0.25, 0.3) is 0 Å². The van der Waals surface area contributed by atoms with Gasteiger partial charge in [0.15, 0.2) is 0 Å². The van der Waals surface area contributed by atoms with Crippen molar-refractivity contribution in [1.29, 1.82) is 0 Å². The van der Waals surface area contributed by atoms with Crippen molar-refractivity contribution >= 4 is 5.91 Å². The lowest BCUT2D eigenvalue weighted by molar-refractivity contribution is 0.0739. The number of carbonyl (C=O) groups excluding carboxylic acids is 1. The van der Waals surface area contributed by atoms with E-state index in [0.29, 0.717) is 22.5 Å². The monoisotopic (exact) mass is 285 g/mol. The van der Waals surface area contributed by atoms with E-state index in [4.69, 9.17) is 0 Å². The number of rotatable bonds is 3. The zero-order valence-electron chi connectivity index (χ0n) is 12.7. The number of phenols is 1. The van der Waals surface area contributed by atoms with Crippen LogP contribution in [0.1, 0.15) is 40.3 Å². The van der Waals surface area contributed by atoms with Crippen LogP contribution < -0.4 is 0 Å². The second-order valence-electron chi connectivity index (χ2n) is 5.14. The molecule has 2 aromatic rings. The third-order valence-electron chi connectivity index (χ3n) is 3.62. The number of nitrogens with zero attached hydrogens (tertiary/aromatic N) is 3. The summed E-state index contributed by atoms with van der Waals surface area (Å²) in [5, 5.41) is 17.8. The molecule has 1 heterocycles. The summed E-state index contributed by atoms with van der Waals surface area (Å²) in [4.78, 5) is 14.2. The van der Waals surface area contributed by atoms with Crippen molar-refractivity contribution < 1.29 is 9.90 Å². The highest BCUT2D eigenvalue weighted by Crippen LogP contribution is 2.28. The average molecular weight is 285 g/mol. The molecule has 0 saturated carbocycles. The topological polar surface area (TPSA) is 66.3 Å². The van der Waals surface area contributed by atoms with Gasteiger partial charge in [-0.15, -0.1) is 0 Å². The normalized spacial score (nSPS) is 12.0. The summed E-state index contributed by atoms with van der Waals surface area (Å²) in [7, 11) is 1.72. The lowest BCUT2D eigenvalue weighted by Gasteiger charge is -2.26. The van der Waals surface area contributed by atoms with Crippen molar-refractivity contribution in [3.8, 4) is 5.75 Å². The molecule has 2 rings (SSSR count). The van der Waals surface area contributed by atoms with Gasteiger partial charge in [0.25, 0.3) is 5.91 Å². The highest BCUT2D eigenvalue weighted by molar-refractivity contribution is 5.95.